The van der Waals surface area contributed by atoms with E-state index in [1.807, 2.05) is 0 Å². The van der Waals surface area contributed by atoms with E-state index in [9.17, 15) is 10.1 Å². The van der Waals surface area contributed by atoms with Crippen LogP contribution in [0.5, 0.6) is 0 Å². The largest absolute Gasteiger partial charge is 0.356 e. The maximum absolute atomic E-state index is 10.7. The van der Waals surface area contributed by atoms with Gasteiger partial charge in [0.25, 0.3) is 5.69 Å². The molecular weight excluding hydrogens is 330 g/mol. The normalized spacial score (nSPS) is 18.1. The summed E-state index contributed by atoms with van der Waals surface area (Å²) < 4.78 is 0. The van der Waals surface area contributed by atoms with Crippen molar-refractivity contribution in [1.29, 1.82) is 0 Å². The van der Waals surface area contributed by atoms with Crippen molar-refractivity contribution in [3.63, 3.8) is 0 Å². The van der Waals surface area contributed by atoms with E-state index in [2.05, 4.69) is 34.4 Å². The molecule has 1 heterocycles. The minimum atomic E-state index is -0.382. The molecule has 7 nitrogen and oxygen atoms in total. The number of hydrogen-bond acceptors (Lipinski definition) is 4. The minimum Gasteiger partial charge on any atom is -0.356 e. The summed E-state index contributed by atoms with van der Waals surface area (Å²) in [5.41, 5.74) is 1.07. The van der Waals surface area contributed by atoms with Gasteiger partial charge in [-0.3, -0.25) is 15.0 Å². The molecule has 1 aromatic rings. The SMILES string of the molecule is CCCCNC(=NCc1ccc([N+](=O)[O-])cc1)NCC1CCCN1CC. The molecule has 1 aliphatic heterocycles. The lowest BCUT2D eigenvalue weighted by molar-refractivity contribution is -0.384. The second-order valence-corrected chi connectivity index (χ2v) is 6.67. The van der Waals surface area contributed by atoms with Crippen LogP contribution in [0.25, 0.3) is 0 Å². The molecule has 2 rings (SSSR count). The lowest BCUT2D eigenvalue weighted by atomic mass is 10.2. The molecule has 1 aromatic carbocycles. The monoisotopic (exact) mass is 361 g/mol. The predicted octanol–water partition coefficient (Wildman–Crippen LogP) is 2.91. The fraction of sp³-hybridized carbons (Fsp3) is 0.632. The molecule has 0 saturated carbocycles. The Hall–Kier alpha value is -2.15. The highest BCUT2D eigenvalue weighted by molar-refractivity contribution is 5.79. The van der Waals surface area contributed by atoms with Crippen LogP contribution in [0, 0.1) is 10.1 Å². The van der Waals surface area contributed by atoms with Gasteiger partial charge in [0.15, 0.2) is 5.96 Å². The summed E-state index contributed by atoms with van der Waals surface area (Å²) >= 11 is 0. The fourth-order valence-electron chi connectivity index (χ4n) is 3.21. The van der Waals surface area contributed by atoms with Crippen molar-refractivity contribution in [2.45, 2.75) is 52.1 Å². The smallest absolute Gasteiger partial charge is 0.269 e. The predicted molar refractivity (Wildman–Crippen MR) is 105 cm³/mol. The first kappa shape index (κ1) is 20.2. The van der Waals surface area contributed by atoms with Gasteiger partial charge < -0.3 is 10.6 Å². The van der Waals surface area contributed by atoms with E-state index in [4.69, 9.17) is 0 Å². The van der Waals surface area contributed by atoms with Crippen molar-refractivity contribution in [2.75, 3.05) is 26.2 Å². The molecule has 0 radical (unpaired) electrons. The van der Waals surface area contributed by atoms with Gasteiger partial charge in [0.1, 0.15) is 0 Å². The average molecular weight is 361 g/mol. The summed E-state index contributed by atoms with van der Waals surface area (Å²) in [4.78, 5) is 17.5. The number of likely N-dealkylation sites (N-methyl/N-ethyl adjacent to an activating group) is 1. The summed E-state index contributed by atoms with van der Waals surface area (Å²) in [7, 11) is 0. The number of benzene rings is 1. The van der Waals surface area contributed by atoms with Gasteiger partial charge in [-0.05, 0) is 37.9 Å². The van der Waals surface area contributed by atoms with E-state index in [0.29, 0.717) is 12.6 Å². The van der Waals surface area contributed by atoms with Crippen LogP contribution < -0.4 is 10.6 Å². The first-order chi connectivity index (χ1) is 12.6. The molecule has 0 amide bonds. The maximum Gasteiger partial charge on any atom is 0.269 e. The van der Waals surface area contributed by atoms with E-state index in [0.717, 1.165) is 44.0 Å². The molecule has 1 saturated heterocycles. The zero-order chi connectivity index (χ0) is 18.8. The third kappa shape index (κ3) is 6.29. The highest BCUT2D eigenvalue weighted by Gasteiger charge is 2.22. The molecule has 0 aliphatic carbocycles. The second kappa shape index (κ2) is 10.8. The van der Waals surface area contributed by atoms with Crippen LogP contribution in [-0.4, -0.2) is 48.0 Å². The summed E-state index contributed by atoms with van der Waals surface area (Å²) in [5.74, 6) is 0.819. The number of non-ortho nitro benzene ring substituents is 1. The number of aliphatic imine (C=N–C) groups is 1. The van der Waals surface area contributed by atoms with Gasteiger partial charge in [0, 0.05) is 31.3 Å². The third-order valence-corrected chi connectivity index (χ3v) is 4.80. The van der Waals surface area contributed by atoms with Crippen LogP contribution >= 0.6 is 0 Å². The lowest BCUT2D eigenvalue weighted by Gasteiger charge is -2.24. The van der Waals surface area contributed by atoms with E-state index in [1.54, 1.807) is 12.1 Å². The van der Waals surface area contributed by atoms with Crippen molar-refractivity contribution < 1.29 is 4.92 Å². The highest BCUT2D eigenvalue weighted by atomic mass is 16.6. The Bertz CT molecular complexity index is 588. The molecule has 26 heavy (non-hydrogen) atoms. The number of nitrogens with one attached hydrogen (secondary N) is 2. The number of hydrogen-bond donors (Lipinski definition) is 2. The van der Waals surface area contributed by atoms with Crippen LogP contribution in [-0.2, 0) is 6.54 Å². The number of guanidine groups is 1. The van der Waals surface area contributed by atoms with Crippen LogP contribution in [0.2, 0.25) is 0 Å². The maximum atomic E-state index is 10.7. The Morgan fingerprint density at radius 3 is 2.73 bits per heavy atom. The summed E-state index contributed by atoms with van der Waals surface area (Å²) in [5, 5.41) is 17.6. The molecule has 0 aromatic heterocycles. The highest BCUT2D eigenvalue weighted by Crippen LogP contribution is 2.15. The van der Waals surface area contributed by atoms with Crippen LogP contribution in [0.1, 0.15) is 45.1 Å². The minimum absolute atomic E-state index is 0.109. The molecule has 2 N–H and O–H groups in total. The Morgan fingerprint density at radius 2 is 2.08 bits per heavy atom. The van der Waals surface area contributed by atoms with Crippen LogP contribution in [0.15, 0.2) is 29.3 Å². The molecule has 0 spiro atoms. The third-order valence-electron chi connectivity index (χ3n) is 4.80. The molecule has 7 heteroatoms. The summed E-state index contributed by atoms with van der Waals surface area (Å²) in [6, 6.07) is 7.15. The van der Waals surface area contributed by atoms with Crippen LogP contribution in [0.3, 0.4) is 0 Å². The van der Waals surface area contributed by atoms with Gasteiger partial charge in [-0.15, -0.1) is 0 Å². The van der Waals surface area contributed by atoms with Gasteiger partial charge in [-0.25, -0.2) is 4.99 Å². The molecule has 0 bridgehead atoms. The van der Waals surface area contributed by atoms with Crippen molar-refractivity contribution in [3.8, 4) is 0 Å². The van der Waals surface area contributed by atoms with Gasteiger partial charge in [0.2, 0.25) is 0 Å². The number of likely N-dealkylation sites (tertiary alicyclic amines) is 1. The molecule has 1 aliphatic rings. The Kier molecular flexibility index (Phi) is 8.34. The van der Waals surface area contributed by atoms with Crippen LogP contribution in [0.4, 0.5) is 5.69 Å². The van der Waals surface area contributed by atoms with E-state index < -0.39 is 0 Å². The van der Waals surface area contributed by atoms with Gasteiger partial charge in [0.05, 0.1) is 11.5 Å². The number of nitrogens with zero attached hydrogens (tertiary/aromatic N) is 3. The molecule has 1 unspecified atom stereocenters. The number of rotatable bonds is 9. The van der Waals surface area contributed by atoms with Crippen molar-refractivity contribution in [2.24, 2.45) is 4.99 Å². The number of nitro benzene ring substituents is 1. The molecule has 144 valence electrons. The Labute approximate surface area is 156 Å². The Balaban J connectivity index is 1.93. The van der Waals surface area contributed by atoms with Crippen molar-refractivity contribution in [3.05, 3.63) is 39.9 Å². The standard InChI is InChI=1S/C19H31N5O2/c1-3-5-12-20-19(22-15-18-7-6-13-23(18)4-2)21-14-16-8-10-17(11-9-16)24(25)26/h8-11,18H,3-7,12-15H2,1-2H3,(H2,20,21,22). The summed E-state index contributed by atoms with van der Waals surface area (Å²) in [6.07, 6.45) is 4.72. The van der Waals surface area contributed by atoms with Crippen molar-refractivity contribution >= 4 is 11.6 Å². The van der Waals surface area contributed by atoms with Gasteiger partial charge >= 0.3 is 0 Å². The quantitative estimate of drug-likeness (QED) is 0.232. The zero-order valence-electron chi connectivity index (χ0n) is 15.9. The average Bonchev–Trinajstić information content (AvgIpc) is 3.11. The first-order valence-electron chi connectivity index (χ1n) is 9.63. The summed E-state index contributed by atoms with van der Waals surface area (Å²) in [6.45, 7) is 8.94. The lowest BCUT2D eigenvalue weighted by Crippen LogP contribution is -2.45. The number of unbranched alkanes of at least 4 members (excludes halogenated alkanes) is 1. The number of nitro groups is 1. The molecular formula is C19H31N5O2. The topological polar surface area (TPSA) is 82.8 Å². The van der Waals surface area contributed by atoms with Gasteiger partial charge in [-0.2, -0.15) is 0 Å². The molecule has 1 atom stereocenters. The van der Waals surface area contributed by atoms with E-state index in [-0.39, 0.29) is 10.6 Å². The molecule has 1 fully saturated rings. The van der Waals surface area contributed by atoms with E-state index >= 15 is 0 Å². The Morgan fingerprint density at radius 1 is 1.31 bits per heavy atom. The zero-order valence-corrected chi connectivity index (χ0v) is 15.9. The second-order valence-electron chi connectivity index (χ2n) is 6.67. The first-order valence-corrected chi connectivity index (χ1v) is 9.63. The van der Waals surface area contributed by atoms with E-state index in [1.165, 1.54) is 31.5 Å². The van der Waals surface area contributed by atoms with Crippen molar-refractivity contribution in [1.82, 2.24) is 15.5 Å². The fourth-order valence-corrected chi connectivity index (χ4v) is 3.21. The van der Waals surface area contributed by atoms with Gasteiger partial charge in [-0.1, -0.05) is 32.4 Å².